The molecule has 3 rings (SSSR count). The Bertz CT molecular complexity index is 789. The Morgan fingerprint density at radius 1 is 1.10 bits per heavy atom. The summed E-state index contributed by atoms with van der Waals surface area (Å²) in [5.41, 5.74) is -0.333. The van der Waals surface area contributed by atoms with E-state index in [-0.39, 0.29) is 6.54 Å². The lowest BCUT2D eigenvalue weighted by molar-refractivity contribution is 0.0426. The number of sulfonamides is 1. The summed E-state index contributed by atoms with van der Waals surface area (Å²) in [4.78, 5) is 0.338. The average molecular weight is 305 g/mol. The molecular weight excluding hydrogens is 286 g/mol. The summed E-state index contributed by atoms with van der Waals surface area (Å²) in [6.07, 6.45) is 1.03. The molecule has 0 aliphatic carbocycles. The molecule has 0 bridgehead atoms. The van der Waals surface area contributed by atoms with Crippen molar-refractivity contribution in [3.8, 4) is 0 Å². The van der Waals surface area contributed by atoms with E-state index in [2.05, 4.69) is 0 Å². The van der Waals surface area contributed by atoms with Gasteiger partial charge in [0.25, 0.3) is 10.0 Å². The van der Waals surface area contributed by atoms with Crippen LogP contribution >= 0.6 is 0 Å². The van der Waals surface area contributed by atoms with Gasteiger partial charge in [0.05, 0.1) is 22.7 Å². The van der Waals surface area contributed by atoms with Gasteiger partial charge < -0.3 is 5.11 Å². The van der Waals surface area contributed by atoms with E-state index in [1.165, 1.54) is 4.31 Å². The molecule has 0 unspecified atom stereocenters. The number of aliphatic hydroxyl groups is 1. The molecule has 0 saturated carbocycles. The number of anilines is 1. The van der Waals surface area contributed by atoms with Crippen LogP contribution in [0.2, 0.25) is 0 Å². The first kappa shape index (κ1) is 14.4. The SMILES string of the molecule is CCC(O)(CC)CN1c2cccc3cccc(c23)S1(=O)=O. The molecule has 2 aromatic rings. The minimum absolute atomic E-state index is 0.0934. The van der Waals surface area contributed by atoms with E-state index >= 15 is 0 Å². The second-order valence-corrected chi connectivity index (χ2v) is 7.41. The van der Waals surface area contributed by atoms with Crippen LogP contribution in [-0.2, 0) is 10.0 Å². The minimum Gasteiger partial charge on any atom is -0.388 e. The summed E-state index contributed by atoms with van der Waals surface area (Å²) in [7, 11) is -3.58. The van der Waals surface area contributed by atoms with Crippen molar-refractivity contribution in [3.05, 3.63) is 36.4 Å². The van der Waals surface area contributed by atoms with Crippen LogP contribution in [0.5, 0.6) is 0 Å². The lowest BCUT2D eigenvalue weighted by Gasteiger charge is -2.31. The molecule has 2 aromatic carbocycles. The van der Waals surface area contributed by atoms with Crippen LogP contribution in [0, 0.1) is 0 Å². The van der Waals surface area contributed by atoms with Crippen LogP contribution in [0.25, 0.3) is 10.8 Å². The highest BCUT2D eigenvalue weighted by atomic mass is 32.2. The third-order valence-electron chi connectivity index (χ3n) is 4.44. The fourth-order valence-corrected chi connectivity index (χ4v) is 4.66. The molecule has 0 atom stereocenters. The molecule has 1 aliphatic rings. The Balaban J connectivity index is 2.20. The maximum absolute atomic E-state index is 12.8. The maximum Gasteiger partial charge on any atom is 0.265 e. The molecule has 21 heavy (non-hydrogen) atoms. The highest BCUT2D eigenvalue weighted by Crippen LogP contribution is 2.42. The van der Waals surface area contributed by atoms with Crippen molar-refractivity contribution >= 4 is 26.5 Å². The summed E-state index contributed by atoms with van der Waals surface area (Å²) >= 11 is 0. The number of hydrogen-bond donors (Lipinski definition) is 1. The van der Waals surface area contributed by atoms with Crippen molar-refractivity contribution < 1.29 is 13.5 Å². The van der Waals surface area contributed by atoms with Gasteiger partial charge in [0.15, 0.2) is 0 Å². The quantitative estimate of drug-likeness (QED) is 0.945. The third kappa shape index (κ3) is 2.03. The second kappa shape index (κ2) is 4.71. The maximum atomic E-state index is 12.8. The molecule has 5 heteroatoms. The molecule has 0 amide bonds. The first-order valence-electron chi connectivity index (χ1n) is 7.20. The van der Waals surface area contributed by atoms with Gasteiger partial charge in [-0.05, 0) is 30.4 Å². The summed E-state index contributed by atoms with van der Waals surface area (Å²) in [6.45, 7) is 3.84. The van der Waals surface area contributed by atoms with Crippen molar-refractivity contribution in [2.45, 2.75) is 37.2 Å². The van der Waals surface area contributed by atoms with Gasteiger partial charge in [0, 0.05) is 5.39 Å². The van der Waals surface area contributed by atoms with Gasteiger partial charge in [0.2, 0.25) is 0 Å². The van der Waals surface area contributed by atoms with E-state index in [0.717, 1.165) is 10.8 Å². The highest BCUT2D eigenvalue weighted by molar-refractivity contribution is 7.93. The molecule has 112 valence electrons. The Labute approximate surface area is 125 Å². The van der Waals surface area contributed by atoms with Crippen molar-refractivity contribution in [2.75, 3.05) is 10.8 Å². The minimum atomic E-state index is -3.58. The van der Waals surface area contributed by atoms with Crippen molar-refractivity contribution in [1.82, 2.24) is 0 Å². The van der Waals surface area contributed by atoms with Gasteiger partial charge in [-0.15, -0.1) is 0 Å². The first-order valence-corrected chi connectivity index (χ1v) is 8.64. The van der Waals surface area contributed by atoms with Crippen LogP contribution < -0.4 is 4.31 Å². The topological polar surface area (TPSA) is 57.6 Å². The fourth-order valence-electron chi connectivity index (χ4n) is 2.87. The predicted octanol–water partition coefficient (Wildman–Crippen LogP) is 2.90. The summed E-state index contributed by atoms with van der Waals surface area (Å²) in [5.74, 6) is 0. The van der Waals surface area contributed by atoms with Crippen molar-refractivity contribution in [3.63, 3.8) is 0 Å². The van der Waals surface area contributed by atoms with Crippen molar-refractivity contribution in [1.29, 1.82) is 0 Å². The lowest BCUT2D eigenvalue weighted by Crippen LogP contribution is -2.43. The lowest BCUT2D eigenvalue weighted by atomic mass is 9.97. The molecule has 0 spiro atoms. The number of benzene rings is 2. The van der Waals surface area contributed by atoms with Gasteiger partial charge in [-0.1, -0.05) is 38.1 Å². The fraction of sp³-hybridized carbons (Fsp3) is 0.375. The molecule has 0 aromatic heterocycles. The number of hydrogen-bond acceptors (Lipinski definition) is 3. The molecule has 0 saturated heterocycles. The average Bonchev–Trinajstić information content (AvgIpc) is 2.71. The van der Waals surface area contributed by atoms with Crippen LogP contribution in [0.1, 0.15) is 26.7 Å². The monoisotopic (exact) mass is 305 g/mol. The van der Waals surface area contributed by atoms with Crippen molar-refractivity contribution in [2.24, 2.45) is 0 Å². The summed E-state index contributed by atoms with van der Waals surface area (Å²) < 4.78 is 26.9. The smallest absolute Gasteiger partial charge is 0.265 e. The molecule has 1 aliphatic heterocycles. The third-order valence-corrected chi connectivity index (χ3v) is 6.24. The van der Waals surface area contributed by atoms with E-state index in [1.54, 1.807) is 12.1 Å². The zero-order valence-corrected chi connectivity index (χ0v) is 13.0. The van der Waals surface area contributed by atoms with Gasteiger partial charge in [0.1, 0.15) is 0 Å². The Kier molecular flexibility index (Phi) is 3.22. The number of β-amino-alcohol motifs (C(OH)–C–C–N with tert-alkyl or cyclic N) is 1. The second-order valence-electron chi connectivity index (χ2n) is 5.57. The van der Waals surface area contributed by atoms with Gasteiger partial charge in [-0.25, -0.2) is 8.42 Å². The standard InChI is InChI=1S/C16H19NO3S/c1-3-16(18,4-2)11-17-13-9-5-7-12-8-6-10-14(15(12)13)21(17,19)20/h5-10,18H,3-4,11H2,1-2H3. The number of rotatable bonds is 4. The van der Waals surface area contributed by atoms with E-state index in [9.17, 15) is 13.5 Å². The molecule has 4 nitrogen and oxygen atoms in total. The first-order chi connectivity index (χ1) is 9.93. The van der Waals surface area contributed by atoms with Crippen LogP contribution in [0.15, 0.2) is 41.3 Å². The zero-order chi connectivity index (χ0) is 15.3. The van der Waals surface area contributed by atoms with Gasteiger partial charge in [-0.3, -0.25) is 4.31 Å². The Morgan fingerprint density at radius 3 is 2.33 bits per heavy atom. The Morgan fingerprint density at radius 2 is 1.71 bits per heavy atom. The van der Waals surface area contributed by atoms with Gasteiger partial charge >= 0.3 is 0 Å². The van der Waals surface area contributed by atoms with Gasteiger partial charge in [-0.2, -0.15) is 0 Å². The zero-order valence-electron chi connectivity index (χ0n) is 12.2. The summed E-state index contributed by atoms with van der Waals surface area (Å²) in [5, 5.41) is 12.2. The summed E-state index contributed by atoms with van der Waals surface area (Å²) in [6, 6.07) is 10.9. The highest BCUT2D eigenvalue weighted by Gasteiger charge is 2.39. The van der Waals surface area contributed by atoms with Crippen LogP contribution in [-0.4, -0.2) is 25.7 Å². The Hall–Kier alpha value is -1.59. The predicted molar refractivity (Wildman–Crippen MR) is 84.0 cm³/mol. The van der Waals surface area contributed by atoms with E-state index in [0.29, 0.717) is 23.4 Å². The van der Waals surface area contributed by atoms with E-state index in [1.807, 2.05) is 38.1 Å². The molecule has 0 radical (unpaired) electrons. The number of nitrogens with zero attached hydrogens (tertiary/aromatic N) is 1. The van der Waals surface area contributed by atoms with E-state index in [4.69, 9.17) is 0 Å². The van der Waals surface area contributed by atoms with E-state index < -0.39 is 15.6 Å². The largest absolute Gasteiger partial charge is 0.388 e. The van der Waals surface area contributed by atoms with Crippen LogP contribution in [0.3, 0.4) is 0 Å². The normalized spacial score (nSPS) is 16.6. The molecular formula is C16H19NO3S. The molecule has 1 heterocycles. The molecule has 0 fully saturated rings. The molecule has 1 N–H and O–H groups in total. The van der Waals surface area contributed by atoms with Crippen LogP contribution in [0.4, 0.5) is 5.69 Å².